The summed E-state index contributed by atoms with van der Waals surface area (Å²) < 4.78 is 0. The number of allylic oxidation sites excluding steroid dienone is 2. The highest BCUT2D eigenvalue weighted by Gasteiger charge is 2.76. The maximum absolute atomic E-state index is 14.1. The molecule has 2 aliphatic carbocycles. The van der Waals surface area contributed by atoms with Crippen molar-refractivity contribution in [2.45, 2.75) is 55.7 Å². The number of aryl methyl sites for hydroxylation is 3. The maximum atomic E-state index is 14.1. The van der Waals surface area contributed by atoms with Crippen molar-refractivity contribution >= 4 is 68.4 Å². The summed E-state index contributed by atoms with van der Waals surface area (Å²) in [5.74, 6) is -4.57. The number of imide groups is 2. The molecular formula is C31H29BrCl2N2O5. The van der Waals surface area contributed by atoms with E-state index in [2.05, 4.69) is 15.9 Å². The lowest BCUT2D eigenvalue weighted by Gasteiger charge is -2.51. The number of carbonyl (C=O) groups is 4. The summed E-state index contributed by atoms with van der Waals surface area (Å²) in [4.78, 5) is 54.0. The molecule has 7 nitrogen and oxygen atoms in total. The minimum absolute atomic E-state index is 0.0622. The number of amides is 4. The molecule has 0 aromatic heterocycles. The summed E-state index contributed by atoms with van der Waals surface area (Å²) in [6.45, 7) is 5.53. The third kappa shape index (κ3) is 3.69. The van der Waals surface area contributed by atoms with Gasteiger partial charge in [-0.25, -0.2) is 0 Å². The van der Waals surface area contributed by atoms with Crippen LogP contribution in [0.4, 0.5) is 5.69 Å². The molecule has 0 spiro atoms. The first-order valence-corrected chi connectivity index (χ1v) is 15.5. The van der Waals surface area contributed by atoms with Crippen molar-refractivity contribution in [2.75, 3.05) is 10.4 Å². The second-order valence-corrected chi connectivity index (χ2v) is 13.3. The first-order chi connectivity index (χ1) is 19.4. The quantitative estimate of drug-likeness (QED) is 0.203. The van der Waals surface area contributed by atoms with Gasteiger partial charge in [-0.15, -0.1) is 23.2 Å². The Balaban J connectivity index is 1.51. The topological polar surface area (TPSA) is 95.0 Å². The lowest BCUT2D eigenvalue weighted by molar-refractivity contribution is -0.138. The molecule has 2 aromatic carbocycles. The molecule has 214 valence electrons. The van der Waals surface area contributed by atoms with E-state index in [1.807, 2.05) is 25.1 Å². The van der Waals surface area contributed by atoms with Crippen LogP contribution >= 0.6 is 39.1 Å². The number of hydrogen-bond donors (Lipinski definition) is 1. The number of rotatable bonds is 4. The lowest BCUT2D eigenvalue weighted by Crippen LogP contribution is -2.60. The standard InChI is InChI=1S/C31H29BrCl2N2O5/c1-4-17-5-7-19(8-6-17)36-26(38)21-10-9-20-22(23(21)27(36)39)13-30(33)28(40)35(14-32)29(41)31(30,34)24(20)18-11-15(2)25(37)16(3)12-18/h5-9,11-12,21-24,37H,4,10,13-14H2,1-3H3. The van der Waals surface area contributed by atoms with Crippen molar-refractivity contribution in [2.24, 2.45) is 17.8 Å². The SMILES string of the molecule is CCc1ccc(N2C(=O)C3CC=C4C(CC5(Cl)C(=O)N(CBr)C(=O)C5(Cl)C4c4cc(C)c(O)c(C)c4)C3C2=O)cc1. The zero-order valence-electron chi connectivity index (χ0n) is 22.8. The van der Waals surface area contributed by atoms with E-state index >= 15 is 0 Å². The number of carbonyl (C=O) groups excluding carboxylic acids is 4. The number of benzene rings is 2. The van der Waals surface area contributed by atoms with Crippen LogP contribution in [0.25, 0.3) is 0 Å². The Labute approximate surface area is 256 Å². The molecule has 2 aliphatic heterocycles. The molecule has 1 N–H and O–H groups in total. The molecule has 6 rings (SSSR count). The van der Waals surface area contributed by atoms with Gasteiger partial charge in [-0.05, 0) is 73.4 Å². The van der Waals surface area contributed by atoms with Crippen LogP contribution in [-0.4, -0.2) is 48.8 Å². The summed E-state index contributed by atoms with van der Waals surface area (Å²) in [7, 11) is 0. The molecule has 2 heterocycles. The Morgan fingerprint density at radius 2 is 1.61 bits per heavy atom. The highest BCUT2D eigenvalue weighted by molar-refractivity contribution is 9.09. The highest BCUT2D eigenvalue weighted by atomic mass is 79.9. The van der Waals surface area contributed by atoms with Gasteiger partial charge in [-0.3, -0.25) is 29.0 Å². The van der Waals surface area contributed by atoms with Crippen molar-refractivity contribution in [1.82, 2.24) is 4.90 Å². The number of alkyl halides is 3. The van der Waals surface area contributed by atoms with Crippen LogP contribution in [0, 0.1) is 31.6 Å². The van der Waals surface area contributed by atoms with Crippen molar-refractivity contribution < 1.29 is 24.3 Å². The number of halogens is 3. The van der Waals surface area contributed by atoms with Crippen LogP contribution in [0.1, 0.15) is 47.9 Å². The summed E-state index contributed by atoms with van der Waals surface area (Å²) >= 11 is 17.8. The van der Waals surface area contributed by atoms with Gasteiger partial charge in [0.05, 0.1) is 23.0 Å². The molecular weight excluding hydrogens is 631 g/mol. The molecule has 2 saturated heterocycles. The molecule has 41 heavy (non-hydrogen) atoms. The number of phenols is 1. The Morgan fingerprint density at radius 3 is 2.20 bits per heavy atom. The summed E-state index contributed by atoms with van der Waals surface area (Å²) in [6, 6.07) is 10.9. The lowest BCUT2D eigenvalue weighted by atomic mass is 9.56. The van der Waals surface area contributed by atoms with Crippen LogP contribution in [0.2, 0.25) is 0 Å². The molecule has 4 aliphatic rings. The third-order valence-corrected chi connectivity index (χ3v) is 11.4. The van der Waals surface area contributed by atoms with E-state index in [0.717, 1.165) is 22.5 Å². The van der Waals surface area contributed by atoms with E-state index in [1.165, 1.54) is 4.90 Å². The minimum Gasteiger partial charge on any atom is -0.507 e. The molecule has 4 amide bonds. The van der Waals surface area contributed by atoms with Gasteiger partial charge in [0.15, 0.2) is 9.75 Å². The van der Waals surface area contributed by atoms with E-state index in [0.29, 0.717) is 28.8 Å². The predicted octanol–water partition coefficient (Wildman–Crippen LogP) is 5.49. The first kappa shape index (κ1) is 28.4. The molecule has 3 fully saturated rings. The molecule has 2 aromatic rings. The Kier molecular flexibility index (Phi) is 6.71. The van der Waals surface area contributed by atoms with E-state index in [-0.39, 0.29) is 29.4 Å². The maximum Gasteiger partial charge on any atom is 0.254 e. The summed E-state index contributed by atoms with van der Waals surface area (Å²) in [5, 5.41) is 10.5. The molecule has 10 heteroatoms. The number of anilines is 1. The third-order valence-electron chi connectivity index (χ3n) is 9.46. The van der Waals surface area contributed by atoms with Gasteiger partial charge in [0.1, 0.15) is 5.75 Å². The van der Waals surface area contributed by atoms with Gasteiger partial charge in [-0.2, -0.15) is 0 Å². The van der Waals surface area contributed by atoms with E-state index in [9.17, 15) is 24.3 Å². The monoisotopic (exact) mass is 658 g/mol. The average molecular weight is 660 g/mol. The van der Waals surface area contributed by atoms with Crippen LogP contribution in [0.5, 0.6) is 5.75 Å². The molecule has 6 unspecified atom stereocenters. The van der Waals surface area contributed by atoms with Gasteiger partial charge in [0.2, 0.25) is 11.8 Å². The largest absolute Gasteiger partial charge is 0.507 e. The van der Waals surface area contributed by atoms with Crippen LogP contribution in [0.15, 0.2) is 48.0 Å². The molecule has 0 radical (unpaired) electrons. The van der Waals surface area contributed by atoms with Crippen LogP contribution in [-0.2, 0) is 25.6 Å². The fourth-order valence-electron chi connectivity index (χ4n) is 7.42. The van der Waals surface area contributed by atoms with Gasteiger partial charge < -0.3 is 5.11 Å². The Morgan fingerprint density at radius 1 is 0.976 bits per heavy atom. The van der Waals surface area contributed by atoms with E-state index < -0.39 is 45.2 Å². The van der Waals surface area contributed by atoms with E-state index in [1.54, 1.807) is 38.1 Å². The minimum atomic E-state index is -1.87. The van der Waals surface area contributed by atoms with Gasteiger partial charge in [0.25, 0.3) is 11.8 Å². The summed E-state index contributed by atoms with van der Waals surface area (Å²) in [5.41, 5.74) is 4.03. The van der Waals surface area contributed by atoms with Gasteiger partial charge in [-0.1, -0.05) is 58.8 Å². The first-order valence-electron chi connectivity index (χ1n) is 13.7. The van der Waals surface area contributed by atoms with Crippen molar-refractivity contribution in [1.29, 1.82) is 0 Å². The molecule has 0 bridgehead atoms. The Hall–Kier alpha value is -2.68. The highest BCUT2D eigenvalue weighted by Crippen LogP contribution is 2.65. The summed E-state index contributed by atoms with van der Waals surface area (Å²) in [6.07, 6.45) is 2.98. The van der Waals surface area contributed by atoms with E-state index in [4.69, 9.17) is 23.2 Å². The smallest absolute Gasteiger partial charge is 0.254 e. The molecule has 6 atom stereocenters. The van der Waals surface area contributed by atoms with Gasteiger partial charge >= 0.3 is 0 Å². The van der Waals surface area contributed by atoms with Crippen LogP contribution in [0.3, 0.4) is 0 Å². The fraction of sp³-hybridized carbons (Fsp3) is 0.419. The van der Waals surface area contributed by atoms with Crippen molar-refractivity contribution in [3.05, 3.63) is 70.3 Å². The normalized spacial score (nSPS) is 32.7. The van der Waals surface area contributed by atoms with Crippen molar-refractivity contribution in [3.8, 4) is 5.75 Å². The Bertz CT molecular complexity index is 1530. The van der Waals surface area contributed by atoms with Crippen LogP contribution < -0.4 is 4.90 Å². The number of hydrogen-bond acceptors (Lipinski definition) is 5. The van der Waals surface area contributed by atoms with Crippen molar-refractivity contribution in [3.63, 3.8) is 0 Å². The number of aromatic hydroxyl groups is 1. The second kappa shape index (κ2) is 9.68. The molecule has 1 saturated carbocycles. The number of nitrogens with zero attached hydrogens (tertiary/aromatic N) is 2. The zero-order chi connectivity index (χ0) is 29.6. The van der Waals surface area contributed by atoms with Gasteiger partial charge in [0, 0.05) is 5.92 Å². The predicted molar refractivity (Wildman–Crippen MR) is 159 cm³/mol. The fourth-order valence-corrected chi connectivity index (χ4v) is 8.84. The second-order valence-electron chi connectivity index (χ2n) is 11.5. The average Bonchev–Trinajstić information content (AvgIpc) is 3.29. The number of likely N-dealkylation sites (tertiary alicyclic amines) is 1. The number of fused-ring (bicyclic) bond motifs is 4. The zero-order valence-corrected chi connectivity index (χ0v) is 25.9. The number of phenolic OH excluding ortho intramolecular Hbond substituents is 1.